The summed E-state index contributed by atoms with van der Waals surface area (Å²) in [5.74, 6) is -1.34. The number of carbonyl (C=O) groups is 3. The molecular weight excluding hydrogens is 567 g/mol. The van der Waals surface area contributed by atoms with Crippen LogP contribution in [0.4, 0.5) is 24.5 Å². The number of hydrogen-bond donors (Lipinski definition) is 3. The van der Waals surface area contributed by atoms with Crippen molar-refractivity contribution in [1.82, 2.24) is 5.32 Å². The fourth-order valence-corrected chi connectivity index (χ4v) is 4.86. The first-order valence-electron chi connectivity index (χ1n) is 12.8. The molecule has 3 aromatic carbocycles. The molecule has 4 aromatic rings. The van der Waals surface area contributed by atoms with Crippen molar-refractivity contribution in [2.24, 2.45) is 0 Å². The first kappa shape index (κ1) is 30.2. The van der Waals surface area contributed by atoms with Crippen molar-refractivity contribution in [3.05, 3.63) is 120 Å². The van der Waals surface area contributed by atoms with Gasteiger partial charge in [-0.3, -0.25) is 14.4 Å². The third kappa shape index (κ3) is 8.14. The zero-order valence-electron chi connectivity index (χ0n) is 22.3. The molecule has 11 heteroatoms. The average Bonchev–Trinajstić information content (AvgIpc) is 3.49. The largest absolute Gasteiger partial charge is 0.465 e. The smallest absolute Gasteiger partial charge is 0.418 e. The van der Waals surface area contributed by atoms with E-state index in [0.717, 1.165) is 17.8 Å². The molecule has 1 unspecified atom stereocenters. The fraction of sp³-hybridized carbons (Fsp3) is 0.129. The molecule has 1 heterocycles. The second-order valence-electron chi connectivity index (χ2n) is 8.92. The van der Waals surface area contributed by atoms with Gasteiger partial charge in [0.05, 0.1) is 22.8 Å². The van der Waals surface area contributed by atoms with Gasteiger partial charge in [-0.15, -0.1) is 11.8 Å². The highest BCUT2D eigenvalue weighted by Crippen LogP contribution is 2.35. The van der Waals surface area contributed by atoms with Crippen molar-refractivity contribution in [3.63, 3.8) is 0 Å². The second kappa shape index (κ2) is 13.7. The topological polar surface area (TPSA) is 100 Å². The summed E-state index contributed by atoms with van der Waals surface area (Å²) in [6.07, 6.45) is -1.45. The maximum absolute atomic E-state index is 13.4. The number of amides is 3. The number of rotatable bonds is 10. The zero-order chi connectivity index (χ0) is 30.1. The summed E-state index contributed by atoms with van der Waals surface area (Å²) in [6, 6.07) is 23.1. The molecule has 0 saturated carbocycles. The number of furan rings is 1. The maximum atomic E-state index is 13.4. The monoisotopic (exact) mass is 593 g/mol. The Morgan fingerprint density at radius 2 is 1.64 bits per heavy atom. The molecule has 4 rings (SSSR count). The van der Waals surface area contributed by atoms with Crippen molar-refractivity contribution < 1.29 is 32.0 Å². The number of thioether (sulfide) groups is 1. The Kier molecular flexibility index (Phi) is 9.87. The summed E-state index contributed by atoms with van der Waals surface area (Å²) in [7, 11) is 0. The van der Waals surface area contributed by atoms with E-state index in [1.54, 1.807) is 73.7 Å². The molecule has 1 aromatic heterocycles. The predicted octanol–water partition coefficient (Wildman–Crippen LogP) is 7.22. The van der Waals surface area contributed by atoms with Gasteiger partial charge in [0.2, 0.25) is 5.91 Å². The van der Waals surface area contributed by atoms with Crippen molar-refractivity contribution >= 4 is 46.9 Å². The number of nitrogens with one attached hydrogen (secondary N) is 3. The van der Waals surface area contributed by atoms with Gasteiger partial charge < -0.3 is 20.4 Å². The lowest BCUT2D eigenvalue weighted by Crippen LogP contribution is -2.30. The molecule has 0 saturated heterocycles. The fourth-order valence-electron chi connectivity index (χ4n) is 3.84. The lowest BCUT2D eigenvalue weighted by Gasteiger charge is -2.18. The van der Waals surface area contributed by atoms with E-state index in [4.69, 9.17) is 4.42 Å². The van der Waals surface area contributed by atoms with E-state index in [9.17, 15) is 27.6 Å². The van der Waals surface area contributed by atoms with Gasteiger partial charge in [0.15, 0.2) is 0 Å². The quantitative estimate of drug-likeness (QED) is 0.133. The molecule has 42 heavy (non-hydrogen) atoms. The Balaban J connectivity index is 1.48. The van der Waals surface area contributed by atoms with Crippen LogP contribution in [0.2, 0.25) is 0 Å². The number of benzene rings is 3. The number of halogens is 3. The van der Waals surface area contributed by atoms with Crippen LogP contribution >= 0.6 is 11.8 Å². The molecule has 0 radical (unpaired) electrons. The van der Waals surface area contributed by atoms with Gasteiger partial charge in [-0.2, -0.15) is 13.2 Å². The van der Waals surface area contributed by atoms with Crippen LogP contribution in [-0.4, -0.2) is 23.0 Å². The predicted molar refractivity (Wildman–Crippen MR) is 156 cm³/mol. The molecule has 0 fully saturated rings. The Morgan fingerprint density at radius 1 is 0.905 bits per heavy atom. The average molecular weight is 594 g/mol. The van der Waals surface area contributed by atoms with Crippen molar-refractivity contribution in [3.8, 4) is 0 Å². The zero-order valence-corrected chi connectivity index (χ0v) is 23.1. The maximum Gasteiger partial charge on any atom is 0.418 e. The van der Waals surface area contributed by atoms with Crippen LogP contribution in [0, 0.1) is 0 Å². The summed E-state index contributed by atoms with van der Waals surface area (Å²) in [5, 5.41) is 7.03. The van der Waals surface area contributed by atoms with Crippen LogP contribution < -0.4 is 16.0 Å². The van der Waals surface area contributed by atoms with Gasteiger partial charge in [-0.05, 0) is 61.0 Å². The van der Waals surface area contributed by atoms with Crippen LogP contribution in [0.3, 0.4) is 0 Å². The molecule has 0 aliphatic carbocycles. The van der Waals surface area contributed by atoms with E-state index in [1.165, 1.54) is 30.5 Å². The molecule has 0 spiro atoms. The van der Waals surface area contributed by atoms with Crippen LogP contribution in [0.15, 0.2) is 112 Å². The van der Waals surface area contributed by atoms with E-state index in [2.05, 4.69) is 16.0 Å². The summed E-state index contributed by atoms with van der Waals surface area (Å²) in [5.41, 5.74) is -0.576. The number of hydrogen-bond acceptors (Lipinski definition) is 5. The SMILES string of the molecule is CCC(Sc1cccc(NC(=O)/C(=C/c2ccco2)NC(=O)c2ccccc2)c1)C(=O)Nc1ccccc1C(F)(F)F. The standard InChI is InChI=1S/C31H26F3N3O4S/c1-2-27(30(40)36-25-16-7-6-15-24(25)31(32,33)34)42-23-14-8-12-21(18-23)35-29(39)26(19-22-13-9-17-41-22)37-28(38)20-10-4-3-5-11-20/h3-19,27H,2H2,1H3,(H,35,39)(H,36,40)(H,37,38)/b26-19-. The van der Waals surface area contributed by atoms with Gasteiger partial charge in [-0.1, -0.05) is 43.3 Å². The number of anilines is 2. The summed E-state index contributed by atoms with van der Waals surface area (Å²) in [4.78, 5) is 39.5. The minimum atomic E-state index is -4.62. The molecule has 1 atom stereocenters. The number of para-hydroxylation sites is 1. The normalized spacial score (nSPS) is 12.3. The second-order valence-corrected chi connectivity index (χ2v) is 10.2. The van der Waals surface area contributed by atoms with Crippen molar-refractivity contribution in [2.75, 3.05) is 10.6 Å². The van der Waals surface area contributed by atoms with Gasteiger partial charge in [-0.25, -0.2) is 0 Å². The van der Waals surface area contributed by atoms with Crippen LogP contribution in [0.25, 0.3) is 6.08 Å². The van der Waals surface area contributed by atoms with E-state index in [1.807, 2.05) is 0 Å². The van der Waals surface area contributed by atoms with Crippen molar-refractivity contribution in [2.45, 2.75) is 29.7 Å². The van der Waals surface area contributed by atoms with Crippen LogP contribution in [-0.2, 0) is 15.8 Å². The Labute approximate surface area is 244 Å². The molecule has 3 N–H and O–H groups in total. The number of alkyl halides is 3. The van der Waals surface area contributed by atoms with Crippen molar-refractivity contribution in [1.29, 1.82) is 0 Å². The molecule has 0 bridgehead atoms. The molecule has 0 aliphatic heterocycles. The first-order valence-corrected chi connectivity index (χ1v) is 13.7. The third-order valence-electron chi connectivity index (χ3n) is 5.88. The molecule has 7 nitrogen and oxygen atoms in total. The summed E-state index contributed by atoms with van der Waals surface area (Å²) < 4.78 is 45.4. The highest BCUT2D eigenvalue weighted by atomic mass is 32.2. The minimum Gasteiger partial charge on any atom is -0.465 e. The Morgan fingerprint density at radius 3 is 2.33 bits per heavy atom. The van der Waals surface area contributed by atoms with E-state index < -0.39 is 34.7 Å². The molecule has 216 valence electrons. The Bertz CT molecular complexity index is 1570. The van der Waals surface area contributed by atoms with Crippen LogP contribution in [0.1, 0.15) is 35.0 Å². The molecular formula is C31H26F3N3O4S. The third-order valence-corrected chi connectivity index (χ3v) is 7.24. The van der Waals surface area contributed by atoms with E-state index in [-0.39, 0.29) is 11.4 Å². The first-order chi connectivity index (χ1) is 20.1. The highest BCUT2D eigenvalue weighted by molar-refractivity contribution is 8.00. The number of carbonyl (C=O) groups excluding carboxylic acids is 3. The lowest BCUT2D eigenvalue weighted by atomic mass is 10.1. The summed E-state index contributed by atoms with van der Waals surface area (Å²) in [6.45, 7) is 1.75. The lowest BCUT2D eigenvalue weighted by molar-refractivity contribution is -0.137. The van der Waals surface area contributed by atoms with E-state index >= 15 is 0 Å². The summed E-state index contributed by atoms with van der Waals surface area (Å²) >= 11 is 1.15. The van der Waals surface area contributed by atoms with Gasteiger partial charge in [0, 0.05) is 22.2 Å². The highest BCUT2D eigenvalue weighted by Gasteiger charge is 2.34. The molecule has 3 amide bonds. The van der Waals surface area contributed by atoms with Gasteiger partial charge >= 0.3 is 6.18 Å². The minimum absolute atomic E-state index is 0.0639. The van der Waals surface area contributed by atoms with Gasteiger partial charge in [0.1, 0.15) is 11.5 Å². The van der Waals surface area contributed by atoms with Crippen LogP contribution in [0.5, 0.6) is 0 Å². The van der Waals surface area contributed by atoms with E-state index in [0.29, 0.717) is 28.3 Å². The van der Waals surface area contributed by atoms with Gasteiger partial charge in [0.25, 0.3) is 11.8 Å². The molecule has 0 aliphatic rings. The Hall–Kier alpha value is -4.77.